The van der Waals surface area contributed by atoms with Crippen LogP contribution in [0.15, 0.2) is 0 Å². The molecule has 0 aromatic rings. The summed E-state index contributed by atoms with van der Waals surface area (Å²) in [6.45, 7) is 10.8. The van der Waals surface area contributed by atoms with Crippen LogP contribution in [0, 0.1) is 0 Å². The summed E-state index contributed by atoms with van der Waals surface area (Å²) in [7, 11) is 0. The molecule has 4 heteroatoms. The van der Waals surface area contributed by atoms with E-state index < -0.39 is 0 Å². The van der Waals surface area contributed by atoms with Gasteiger partial charge < -0.3 is 11.1 Å². The Bertz CT molecular complexity index is 139. The highest BCUT2D eigenvalue weighted by Crippen LogP contribution is 2.21. The third-order valence-electron chi connectivity index (χ3n) is 2.48. The zero-order chi connectivity index (χ0) is 10.5. The fourth-order valence-corrected chi connectivity index (χ4v) is 1.39. The Kier molecular flexibility index (Phi) is 13.5. The van der Waals surface area contributed by atoms with Crippen LogP contribution in [0.2, 0.25) is 0 Å². The molecule has 1 saturated heterocycles. The van der Waals surface area contributed by atoms with Gasteiger partial charge in [-0.3, -0.25) is 0 Å². The lowest BCUT2D eigenvalue weighted by atomic mass is 10.0. The van der Waals surface area contributed by atoms with Gasteiger partial charge in [0.2, 0.25) is 0 Å². The Morgan fingerprint density at radius 1 is 1.40 bits per heavy atom. The van der Waals surface area contributed by atoms with E-state index in [1.807, 2.05) is 6.92 Å². The maximum atomic E-state index is 5.29. The summed E-state index contributed by atoms with van der Waals surface area (Å²) in [5, 5.41) is 3.49. The first-order chi connectivity index (χ1) is 5.87. The highest BCUT2D eigenvalue weighted by atomic mass is 35.5. The van der Waals surface area contributed by atoms with Crippen LogP contribution in [-0.4, -0.2) is 17.6 Å². The van der Waals surface area contributed by atoms with Crippen LogP contribution >= 0.6 is 24.8 Å². The van der Waals surface area contributed by atoms with Gasteiger partial charge in [-0.25, -0.2) is 0 Å². The molecular formula is C11H28Cl2N2. The molecule has 1 fully saturated rings. The predicted octanol–water partition coefficient (Wildman–Crippen LogP) is 3.12. The topological polar surface area (TPSA) is 38.0 Å². The second-order valence-electron chi connectivity index (χ2n) is 4.85. The van der Waals surface area contributed by atoms with Crippen LogP contribution in [0.3, 0.4) is 0 Å². The number of halogens is 2. The maximum Gasteiger partial charge on any atom is 0.0128 e. The zero-order valence-corrected chi connectivity index (χ0v) is 12.3. The van der Waals surface area contributed by atoms with Crippen molar-refractivity contribution in [2.24, 2.45) is 5.73 Å². The van der Waals surface area contributed by atoms with Gasteiger partial charge in [0.25, 0.3) is 0 Å². The summed E-state index contributed by atoms with van der Waals surface area (Å²) in [6, 6.07) is 1.12. The molecule has 0 aromatic heterocycles. The summed E-state index contributed by atoms with van der Waals surface area (Å²) in [5.41, 5.74) is 5.71. The van der Waals surface area contributed by atoms with Crippen molar-refractivity contribution < 1.29 is 0 Å². The molecule has 0 saturated carbocycles. The van der Waals surface area contributed by atoms with Crippen molar-refractivity contribution in [3.05, 3.63) is 0 Å². The van der Waals surface area contributed by atoms with Crippen LogP contribution in [-0.2, 0) is 0 Å². The van der Waals surface area contributed by atoms with Crippen molar-refractivity contribution in [3.63, 3.8) is 0 Å². The van der Waals surface area contributed by atoms with E-state index in [4.69, 9.17) is 5.73 Å². The van der Waals surface area contributed by atoms with Crippen molar-refractivity contribution in [3.8, 4) is 0 Å². The van der Waals surface area contributed by atoms with Crippen molar-refractivity contribution in [1.82, 2.24) is 5.32 Å². The van der Waals surface area contributed by atoms with Crippen LogP contribution in [0.25, 0.3) is 0 Å². The Balaban J connectivity index is -0.000000185. The molecule has 0 bridgehead atoms. The Morgan fingerprint density at radius 3 is 1.87 bits per heavy atom. The van der Waals surface area contributed by atoms with Gasteiger partial charge in [-0.05, 0) is 47.0 Å². The van der Waals surface area contributed by atoms with Gasteiger partial charge in [0.1, 0.15) is 0 Å². The van der Waals surface area contributed by atoms with Crippen LogP contribution < -0.4 is 11.1 Å². The third-order valence-corrected chi connectivity index (χ3v) is 2.48. The molecule has 2 atom stereocenters. The van der Waals surface area contributed by atoms with Crippen LogP contribution in [0.4, 0.5) is 0 Å². The van der Waals surface area contributed by atoms with E-state index in [1.165, 1.54) is 12.8 Å². The Morgan fingerprint density at radius 2 is 1.80 bits per heavy atom. The standard InChI is InChI=1S/C7H15N.C4H11N.2ClH/c1-6-4-5-7(2,3)8-6;1-3-4(2)5;;/h6,8H,4-5H2,1-3H3;4H,3,5H2,1-2H3;2*1H/t6-;4-;;/m11../s1. The number of hydrogen-bond donors (Lipinski definition) is 2. The molecular weight excluding hydrogens is 231 g/mol. The highest BCUT2D eigenvalue weighted by Gasteiger charge is 2.26. The highest BCUT2D eigenvalue weighted by molar-refractivity contribution is 5.85. The molecule has 0 aliphatic carbocycles. The molecule has 3 N–H and O–H groups in total. The van der Waals surface area contributed by atoms with Crippen LogP contribution in [0.5, 0.6) is 0 Å². The fraction of sp³-hybridized carbons (Fsp3) is 1.00. The molecule has 1 heterocycles. The third kappa shape index (κ3) is 12.4. The van der Waals surface area contributed by atoms with E-state index in [-0.39, 0.29) is 24.8 Å². The Hall–Kier alpha value is 0.500. The van der Waals surface area contributed by atoms with Gasteiger partial charge in [0.15, 0.2) is 0 Å². The monoisotopic (exact) mass is 258 g/mol. The van der Waals surface area contributed by atoms with Gasteiger partial charge >= 0.3 is 0 Å². The minimum Gasteiger partial charge on any atom is -0.328 e. The van der Waals surface area contributed by atoms with Gasteiger partial charge in [0, 0.05) is 17.6 Å². The van der Waals surface area contributed by atoms with E-state index >= 15 is 0 Å². The molecule has 0 aromatic carbocycles. The second-order valence-corrected chi connectivity index (χ2v) is 4.85. The molecule has 2 nitrogen and oxygen atoms in total. The minimum absolute atomic E-state index is 0. The summed E-state index contributed by atoms with van der Waals surface area (Å²) >= 11 is 0. The molecule has 15 heavy (non-hydrogen) atoms. The van der Waals surface area contributed by atoms with Crippen molar-refractivity contribution in [2.45, 2.75) is 71.5 Å². The summed E-state index contributed by atoms with van der Waals surface area (Å²) in [4.78, 5) is 0. The first-order valence-corrected chi connectivity index (χ1v) is 5.40. The summed E-state index contributed by atoms with van der Waals surface area (Å²) in [5.74, 6) is 0. The number of nitrogens with two attached hydrogens (primary N) is 1. The van der Waals surface area contributed by atoms with Crippen LogP contribution in [0.1, 0.15) is 53.9 Å². The molecule has 0 spiro atoms. The van der Waals surface area contributed by atoms with E-state index in [9.17, 15) is 0 Å². The SMILES string of the molecule is CC[C@@H](C)N.C[C@@H]1CCC(C)(C)N1.Cl.Cl. The number of rotatable bonds is 1. The quantitative estimate of drug-likeness (QED) is 0.759. The molecule has 0 radical (unpaired) electrons. The van der Waals surface area contributed by atoms with Gasteiger partial charge in [-0.1, -0.05) is 6.92 Å². The second kappa shape index (κ2) is 9.71. The average molecular weight is 259 g/mol. The number of hydrogen-bond acceptors (Lipinski definition) is 2. The summed E-state index contributed by atoms with van der Waals surface area (Å²) in [6.07, 6.45) is 3.75. The lowest BCUT2D eigenvalue weighted by Crippen LogP contribution is -2.35. The smallest absolute Gasteiger partial charge is 0.0128 e. The van der Waals surface area contributed by atoms with Gasteiger partial charge in [-0.2, -0.15) is 0 Å². The average Bonchev–Trinajstić information content (AvgIpc) is 2.30. The van der Waals surface area contributed by atoms with Crippen molar-refractivity contribution in [1.29, 1.82) is 0 Å². The minimum atomic E-state index is 0. The molecule has 1 rings (SSSR count). The number of nitrogens with one attached hydrogen (secondary N) is 1. The molecule has 1 aliphatic rings. The first-order valence-electron chi connectivity index (χ1n) is 5.40. The molecule has 96 valence electrons. The fourth-order valence-electron chi connectivity index (χ4n) is 1.39. The lowest BCUT2D eigenvalue weighted by molar-refractivity contribution is 0.437. The first kappa shape index (κ1) is 20.9. The summed E-state index contributed by atoms with van der Waals surface area (Å²) < 4.78 is 0. The molecule has 1 aliphatic heterocycles. The normalized spacial score (nSPS) is 24.0. The van der Waals surface area contributed by atoms with E-state index in [0.717, 1.165) is 12.5 Å². The van der Waals surface area contributed by atoms with E-state index in [2.05, 4.69) is 33.0 Å². The van der Waals surface area contributed by atoms with E-state index in [1.54, 1.807) is 0 Å². The molecule has 0 unspecified atom stereocenters. The zero-order valence-electron chi connectivity index (χ0n) is 10.7. The van der Waals surface area contributed by atoms with Crippen molar-refractivity contribution >= 4 is 24.8 Å². The van der Waals surface area contributed by atoms with Crippen molar-refractivity contribution in [2.75, 3.05) is 0 Å². The molecule has 0 amide bonds. The largest absolute Gasteiger partial charge is 0.328 e. The predicted molar refractivity (Wildman–Crippen MR) is 74.3 cm³/mol. The van der Waals surface area contributed by atoms with Gasteiger partial charge in [-0.15, -0.1) is 24.8 Å². The van der Waals surface area contributed by atoms with E-state index in [0.29, 0.717) is 11.6 Å². The van der Waals surface area contributed by atoms with Gasteiger partial charge in [0.05, 0.1) is 0 Å². The Labute approximate surface area is 108 Å². The maximum absolute atomic E-state index is 5.29. The lowest BCUT2D eigenvalue weighted by Gasteiger charge is -2.17.